The lowest BCUT2D eigenvalue weighted by Crippen LogP contribution is -2.06. The molecule has 112 valence electrons. The van der Waals surface area contributed by atoms with Gasteiger partial charge in [-0.15, -0.1) is 0 Å². The van der Waals surface area contributed by atoms with E-state index in [0.29, 0.717) is 11.6 Å². The first-order valence-electron chi connectivity index (χ1n) is 6.75. The standard InChI is InChI=1S/C15H17ClN2O2S/c1-2-5-12-8-14(21-10-15(19)20)18(17-12)9-11-6-3-4-7-13(11)16/h3-4,6-8H,2,5,9-10H2,1H3,(H,19,20). The summed E-state index contributed by atoms with van der Waals surface area (Å²) in [7, 11) is 0. The van der Waals surface area contributed by atoms with Crippen LogP contribution in [0.5, 0.6) is 0 Å². The summed E-state index contributed by atoms with van der Waals surface area (Å²) in [6.45, 7) is 2.64. The van der Waals surface area contributed by atoms with E-state index in [1.165, 1.54) is 11.8 Å². The number of aromatic nitrogens is 2. The highest BCUT2D eigenvalue weighted by molar-refractivity contribution is 7.99. The third kappa shape index (κ3) is 4.51. The van der Waals surface area contributed by atoms with Crippen molar-refractivity contribution in [3.05, 3.63) is 46.6 Å². The van der Waals surface area contributed by atoms with Crippen LogP contribution in [0.2, 0.25) is 5.02 Å². The van der Waals surface area contributed by atoms with Gasteiger partial charge in [0.05, 0.1) is 23.0 Å². The van der Waals surface area contributed by atoms with Crippen molar-refractivity contribution in [3.63, 3.8) is 0 Å². The molecule has 1 heterocycles. The molecule has 0 bridgehead atoms. The maximum absolute atomic E-state index is 10.8. The lowest BCUT2D eigenvalue weighted by Gasteiger charge is -2.08. The Balaban J connectivity index is 2.23. The average molecular weight is 325 g/mol. The normalized spacial score (nSPS) is 10.8. The van der Waals surface area contributed by atoms with E-state index in [1.54, 1.807) is 0 Å². The zero-order valence-corrected chi connectivity index (χ0v) is 13.3. The largest absolute Gasteiger partial charge is 0.481 e. The van der Waals surface area contributed by atoms with Crippen LogP contribution in [-0.4, -0.2) is 26.6 Å². The van der Waals surface area contributed by atoms with Crippen molar-refractivity contribution < 1.29 is 9.90 Å². The second kappa shape index (κ2) is 7.52. The number of carboxylic acid groups (broad SMARTS) is 1. The van der Waals surface area contributed by atoms with Gasteiger partial charge in [-0.05, 0) is 24.1 Å². The van der Waals surface area contributed by atoms with E-state index in [9.17, 15) is 4.79 Å². The van der Waals surface area contributed by atoms with Crippen molar-refractivity contribution in [2.24, 2.45) is 0 Å². The highest BCUT2D eigenvalue weighted by atomic mass is 35.5. The Bertz CT molecular complexity index is 628. The SMILES string of the molecule is CCCc1cc(SCC(=O)O)n(Cc2ccccc2Cl)n1. The third-order valence-electron chi connectivity index (χ3n) is 2.92. The number of rotatable bonds is 7. The first-order chi connectivity index (χ1) is 10.1. The van der Waals surface area contributed by atoms with Gasteiger partial charge in [-0.1, -0.05) is 54.9 Å². The summed E-state index contributed by atoms with van der Waals surface area (Å²) >= 11 is 7.46. The molecule has 1 aromatic heterocycles. The molecule has 1 aromatic carbocycles. The van der Waals surface area contributed by atoms with Crippen LogP contribution in [0.15, 0.2) is 35.4 Å². The monoisotopic (exact) mass is 324 g/mol. The summed E-state index contributed by atoms with van der Waals surface area (Å²) in [5.74, 6) is -0.803. The van der Waals surface area contributed by atoms with Crippen LogP contribution < -0.4 is 0 Å². The number of hydrogen-bond donors (Lipinski definition) is 1. The molecule has 0 aliphatic heterocycles. The van der Waals surface area contributed by atoms with Gasteiger partial charge in [0.25, 0.3) is 0 Å². The lowest BCUT2D eigenvalue weighted by molar-refractivity contribution is -0.133. The Morgan fingerprint density at radius 2 is 2.19 bits per heavy atom. The fourth-order valence-electron chi connectivity index (χ4n) is 1.98. The van der Waals surface area contributed by atoms with Crippen LogP contribution in [0, 0.1) is 0 Å². The highest BCUT2D eigenvalue weighted by Crippen LogP contribution is 2.23. The van der Waals surface area contributed by atoms with Gasteiger partial charge in [-0.3, -0.25) is 9.48 Å². The minimum Gasteiger partial charge on any atom is -0.481 e. The number of hydrogen-bond acceptors (Lipinski definition) is 3. The van der Waals surface area contributed by atoms with Crippen molar-refractivity contribution in [2.75, 3.05) is 5.75 Å². The van der Waals surface area contributed by atoms with Gasteiger partial charge in [0.2, 0.25) is 0 Å². The van der Waals surface area contributed by atoms with E-state index in [0.717, 1.165) is 29.1 Å². The Kier molecular flexibility index (Phi) is 5.70. The number of aliphatic carboxylic acids is 1. The molecule has 0 saturated heterocycles. The summed E-state index contributed by atoms with van der Waals surface area (Å²) in [5, 5.41) is 15.0. The minimum atomic E-state index is -0.831. The van der Waals surface area contributed by atoms with Gasteiger partial charge in [-0.25, -0.2) is 0 Å². The smallest absolute Gasteiger partial charge is 0.313 e. The molecule has 6 heteroatoms. The number of benzene rings is 1. The number of halogens is 1. The van der Waals surface area contributed by atoms with Gasteiger partial charge in [0, 0.05) is 5.02 Å². The van der Waals surface area contributed by atoms with E-state index in [2.05, 4.69) is 12.0 Å². The Morgan fingerprint density at radius 3 is 2.86 bits per heavy atom. The van der Waals surface area contributed by atoms with Gasteiger partial charge in [0.15, 0.2) is 0 Å². The summed E-state index contributed by atoms with van der Waals surface area (Å²) in [6.07, 6.45) is 1.89. The first-order valence-corrected chi connectivity index (χ1v) is 8.11. The molecule has 0 aliphatic rings. The van der Waals surface area contributed by atoms with Crippen molar-refractivity contribution in [1.82, 2.24) is 9.78 Å². The molecule has 2 rings (SSSR count). The van der Waals surface area contributed by atoms with Crippen molar-refractivity contribution >= 4 is 29.3 Å². The van der Waals surface area contributed by atoms with Gasteiger partial charge in [-0.2, -0.15) is 5.10 Å². The first kappa shape index (κ1) is 15.9. The molecule has 0 aliphatic carbocycles. The molecule has 21 heavy (non-hydrogen) atoms. The molecule has 2 aromatic rings. The van der Waals surface area contributed by atoms with E-state index in [1.807, 2.05) is 35.0 Å². The lowest BCUT2D eigenvalue weighted by atomic mass is 10.2. The number of nitrogens with zero attached hydrogens (tertiary/aromatic N) is 2. The molecule has 0 amide bonds. The van der Waals surface area contributed by atoms with Crippen LogP contribution in [0.25, 0.3) is 0 Å². The number of aryl methyl sites for hydroxylation is 1. The summed E-state index contributed by atoms with van der Waals surface area (Å²) in [4.78, 5) is 10.8. The Hall–Kier alpha value is -1.46. The fraction of sp³-hybridized carbons (Fsp3) is 0.333. The molecule has 4 nitrogen and oxygen atoms in total. The fourth-order valence-corrected chi connectivity index (χ4v) is 2.92. The van der Waals surface area contributed by atoms with Crippen LogP contribution in [-0.2, 0) is 17.8 Å². The van der Waals surface area contributed by atoms with Gasteiger partial charge >= 0.3 is 5.97 Å². The molecule has 0 radical (unpaired) electrons. The highest BCUT2D eigenvalue weighted by Gasteiger charge is 2.11. The van der Waals surface area contributed by atoms with Gasteiger partial charge < -0.3 is 5.11 Å². The molecular formula is C15H17ClN2O2S. The van der Waals surface area contributed by atoms with E-state index >= 15 is 0 Å². The van der Waals surface area contributed by atoms with E-state index in [4.69, 9.17) is 16.7 Å². The second-order valence-electron chi connectivity index (χ2n) is 4.66. The Labute approximate surface area is 133 Å². The van der Waals surface area contributed by atoms with Crippen molar-refractivity contribution in [1.29, 1.82) is 0 Å². The Morgan fingerprint density at radius 1 is 1.43 bits per heavy atom. The zero-order chi connectivity index (χ0) is 15.2. The molecule has 0 spiro atoms. The summed E-state index contributed by atoms with van der Waals surface area (Å²) in [5.41, 5.74) is 1.96. The van der Waals surface area contributed by atoms with Crippen molar-refractivity contribution in [2.45, 2.75) is 31.3 Å². The predicted octanol–water partition coefficient (Wildman–Crippen LogP) is 3.71. The molecule has 0 saturated carbocycles. The maximum atomic E-state index is 10.8. The maximum Gasteiger partial charge on any atom is 0.313 e. The minimum absolute atomic E-state index is 0.0276. The molecule has 0 unspecified atom stereocenters. The van der Waals surface area contributed by atoms with Crippen LogP contribution in [0.1, 0.15) is 24.6 Å². The van der Waals surface area contributed by atoms with Crippen LogP contribution in [0.3, 0.4) is 0 Å². The quantitative estimate of drug-likeness (QED) is 0.789. The van der Waals surface area contributed by atoms with Crippen LogP contribution in [0.4, 0.5) is 0 Å². The topological polar surface area (TPSA) is 55.1 Å². The zero-order valence-electron chi connectivity index (χ0n) is 11.8. The predicted molar refractivity (Wildman–Crippen MR) is 85.1 cm³/mol. The third-order valence-corrected chi connectivity index (χ3v) is 4.31. The summed E-state index contributed by atoms with van der Waals surface area (Å²) in [6, 6.07) is 9.58. The molecule has 1 N–H and O–H groups in total. The second-order valence-corrected chi connectivity index (χ2v) is 6.06. The number of thioether (sulfide) groups is 1. The van der Waals surface area contributed by atoms with Gasteiger partial charge in [0.1, 0.15) is 0 Å². The molecular weight excluding hydrogens is 308 g/mol. The molecule has 0 atom stereocenters. The van der Waals surface area contributed by atoms with Crippen LogP contribution >= 0.6 is 23.4 Å². The summed E-state index contributed by atoms with van der Waals surface area (Å²) < 4.78 is 1.83. The number of carbonyl (C=O) groups is 1. The molecule has 0 fully saturated rings. The number of carboxylic acids is 1. The van der Waals surface area contributed by atoms with Crippen molar-refractivity contribution in [3.8, 4) is 0 Å². The van der Waals surface area contributed by atoms with E-state index < -0.39 is 5.97 Å². The van der Waals surface area contributed by atoms with E-state index in [-0.39, 0.29) is 5.75 Å². The average Bonchev–Trinajstić information content (AvgIpc) is 2.81.